The van der Waals surface area contributed by atoms with E-state index in [1.807, 2.05) is 6.92 Å². The third-order valence-corrected chi connectivity index (χ3v) is 7.51. The third-order valence-electron chi connectivity index (χ3n) is 5.44. The first-order valence-corrected chi connectivity index (χ1v) is 14.1. The number of amides is 2. The van der Waals surface area contributed by atoms with Crippen molar-refractivity contribution in [1.29, 1.82) is 0 Å². The second-order valence-corrected chi connectivity index (χ2v) is 11.3. The van der Waals surface area contributed by atoms with Crippen molar-refractivity contribution in [2.24, 2.45) is 0 Å². The van der Waals surface area contributed by atoms with Crippen LogP contribution in [0.5, 0.6) is 0 Å². The van der Waals surface area contributed by atoms with Gasteiger partial charge in [-0.05, 0) is 49.6 Å². The molecule has 11 heteroatoms. The van der Waals surface area contributed by atoms with Gasteiger partial charge in [0, 0.05) is 33.7 Å². The average molecular weight is 563 g/mol. The van der Waals surface area contributed by atoms with E-state index in [1.165, 1.54) is 11.0 Å². The van der Waals surface area contributed by atoms with E-state index in [4.69, 9.17) is 34.8 Å². The number of halogens is 3. The fraction of sp³-hybridized carbons (Fsp3) is 0.417. The number of aryl methyl sites for hydroxylation is 1. The Balaban J connectivity index is 2.53. The van der Waals surface area contributed by atoms with Crippen molar-refractivity contribution in [3.63, 3.8) is 0 Å². The number of benzene rings is 2. The molecular formula is C24H30Cl3N3O4S. The van der Waals surface area contributed by atoms with Crippen LogP contribution in [0.15, 0.2) is 36.4 Å². The summed E-state index contributed by atoms with van der Waals surface area (Å²) in [5.74, 6) is -0.917. The molecule has 0 aliphatic heterocycles. The number of sulfonamides is 1. The zero-order chi connectivity index (χ0) is 26.3. The maximum atomic E-state index is 13.7. The highest BCUT2D eigenvalue weighted by Crippen LogP contribution is 2.29. The molecule has 0 heterocycles. The van der Waals surface area contributed by atoms with E-state index in [0.29, 0.717) is 39.2 Å². The third kappa shape index (κ3) is 7.74. The van der Waals surface area contributed by atoms with E-state index in [2.05, 4.69) is 5.32 Å². The second-order valence-electron chi connectivity index (χ2n) is 8.14. The molecule has 0 fully saturated rings. The van der Waals surface area contributed by atoms with Crippen molar-refractivity contribution in [2.45, 2.75) is 46.2 Å². The van der Waals surface area contributed by atoms with Gasteiger partial charge in [0.15, 0.2) is 0 Å². The topological polar surface area (TPSA) is 86.8 Å². The smallest absolute Gasteiger partial charge is 0.244 e. The minimum atomic E-state index is -3.87. The van der Waals surface area contributed by atoms with Crippen molar-refractivity contribution < 1.29 is 18.0 Å². The van der Waals surface area contributed by atoms with Gasteiger partial charge in [0.1, 0.15) is 12.6 Å². The highest BCUT2D eigenvalue weighted by atomic mass is 35.5. The van der Waals surface area contributed by atoms with E-state index in [-0.39, 0.29) is 18.1 Å². The number of carbonyl (C=O) groups is 2. The summed E-state index contributed by atoms with van der Waals surface area (Å²) >= 11 is 18.8. The van der Waals surface area contributed by atoms with Crippen LogP contribution >= 0.6 is 34.8 Å². The number of carbonyl (C=O) groups excluding carboxylic acids is 2. The van der Waals surface area contributed by atoms with Crippen LogP contribution in [0.3, 0.4) is 0 Å². The van der Waals surface area contributed by atoms with E-state index in [1.54, 1.807) is 44.2 Å². The summed E-state index contributed by atoms with van der Waals surface area (Å²) < 4.78 is 26.4. The van der Waals surface area contributed by atoms with Gasteiger partial charge >= 0.3 is 0 Å². The molecule has 2 aromatic carbocycles. The Morgan fingerprint density at radius 1 is 1.06 bits per heavy atom. The van der Waals surface area contributed by atoms with Gasteiger partial charge in [-0.25, -0.2) is 8.42 Å². The molecule has 1 atom stereocenters. The molecule has 0 aromatic heterocycles. The van der Waals surface area contributed by atoms with Gasteiger partial charge in [0.05, 0.1) is 11.9 Å². The largest absolute Gasteiger partial charge is 0.354 e. The lowest BCUT2D eigenvalue weighted by Crippen LogP contribution is -2.52. The van der Waals surface area contributed by atoms with Gasteiger partial charge in [0.25, 0.3) is 0 Å². The van der Waals surface area contributed by atoms with Gasteiger partial charge in [-0.3, -0.25) is 13.9 Å². The minimum Gasteiger partial charge on any atom is -0.354 e. The maximum absolute atomic E-state index is 13.7. The molecule has 0 saturated carbocycles. The summed E-state index contributed by atoms with van der Waals surface area (Å²) in [5, 5.41) is 3.82. The van der Waals surface area contributed by atoms with E-state index >= 15 is 0 Å². The molecule has 0 saturated heterocycles. The molecule has 1 N–H and O–H groups in total. The molecule has 192 valence electrons. The lowest BCUT2D eigenvalue weighted by Gasteiger charge is -2.33. The lowest BCUT2D eigenvalue weighted by molar-refractivity contribution is -0.140. The van der Waals surface area contributed by atoms with Crippen LogP contribution < -0.4 is 9.62 Å². The van der Waals surface area contributed by atoms with Crippen molar-refractivity contribution in [3.05, 3.63) is 62.6 Å². The summed E-state index contributed by atoms with van der Waals surface area (Å²) in [4.78, 5) is 28.0. The number of nitrogens with one attached hydrogen (secondary N) is 1. The Hall–Kier alpha value is -2.00. The number of hydrogen-bond acceptors (Lipinski definition) is 4. The molecule has 0 aliphatic rings. The molecule has 0 unspecified atom stereocenters. The van der Waals surface area contributed by atoms with Gasteiger partial charge in [-0.2, -0.15) is 0 Å². The first-order valence-electron chi connectivity index (χ1n) is 11.1. The van der Waals surface area contributed by atoms with Crippen LogP contribution in [0, 0.1) is 6.92 Å². The average Bonchev–Trinajstić information content (AvgIpc) is 2.78. The van der Waals surface area contributed by atoms with Crippen molar-refractivity contribution in [3.8, 4) is 0 Å². The first-order chi connectivity index (χ1) is 16.4. The van der Waals surface area contributed by atoms with Crippen LogP contribution in [0.2, 0.25) is 15.1 Å². The van der Waals surface area contributed by atoms with Crippen LogP contribution in [0.1, 0.15) is 37.8 Å². The number of rotatable bonds is 11. The Kier molecular flexibility index (Phi) is 10.7. The summed E-state index contributed by atoms with van der Waals surface area (Å²) in [6, 6.07) is 8.91. The normalized spacial score (nSPS) is 12.2. The first kappa shape index (κ1) is 29.2. The maximum Gasteiger partial charge on any atom is 0.244 e. The highest BCUT2D eigenvalue weighted by Gasteiger charge is 2.32. The summed E-state index contributed by atoms with van der Waals surface area (Å²) in [5.41, 5.74) is 1.38. The molecule has 0 bridgehead atoms. The van der Waals surface area contributed by atoms with Gasteiger partial charge in [-0.1, -0.05) is 60.8 Å². The Bertz CT molecular complexity index is 1150. The Morgan fingerprint density at radius 2 is 1.69 bits per heavy atom. The summed E-state index contributed by atoms with van der Waals surface area (Å²) in [6.07, 6.45) is 2.04. The molecule has 2 amide bonds. The quantitative estimate of drug-likeness (QED) is 0.415. The molecule has 2 rings (SSSR count). The zero-order valence-electron chi connectivity index (χ0n) is 20.1. The van der Waals surface area contributed by atoms with Crippen LogP contribution in [-0.2, 0) is 26.2 Å². The van der Waals surface area contributed by atoms with Crippen molar-refractivity contribution >= 4 is 62.3 Å². The SMILES string of the molecule is CCCNC(=O)[C@H](CC)N(Cc1c(Cl)cccc1Cl)C(=O)CN(c1cc(Cl)ccc1C)S(C)(=O)=O. The monoisotopic (exact) mass is 561 g/mol. The standard InChI is InChI=1S/C24H30Cl3N3O4S/c1-5-12-28-24(32)21(6-2)29(14-18-19(26)8-7-9-20(18)27)23(31)15-30(35(4,33)34)22-13-17(25)11-10-16(22)3/h7-11,13,21H,5-6,12,14-15H2,1-4H3,(H,28,32)/t21-/m0/s1. The predicted molar refractivity (Wildman–Crippen MR) is 143 cm³/mol. The molecule has 0 radical (unpaired) electrons. The van der Waals surface area contributed by atoms with E-state index < -0.39 is 28.5 Å². The fourth-order valence-electron chi connectivity index (χ4n) is 3.59. The van der Waals surface area contributed by atoms with Gasteiger partial charge < -0.3 is 10.2 Å². The van der Waals surface area contributed by atoms with Crippen LogP contribution in [-0.4, -0.2) is 50.5 Å². The number of anilines is 1. The van der Waals surface area contributed by atoms with Gasteiger partial charge in [0.2, 0.25) is 21.8 Å². The zero-order valence-corrected chi connectivity index (χ0v) is 23.2. The van der Waals surface area contributed by atoms with E-state index in [9.17, 15) is 18.0 Å². The van der Waals surface area contributed by atoms with Crippen molar-refractivity contribution in [1.82, 2.24) is 10.2 Å². The van der Waals surface area contributed by atoms with Crippen LogP contribution in [0.25, 0.3) is 0 Å². The van der Waals surface area contributed by atoms with Crippen LogP contribution in [0.4, 0.5) is 5.69 Å². The van der Waals surface area contributed by atoms with Gasteiger partial charge in [-0.15, -0.1) is 0 Å². The molecule has 2 aromatic rings. The van der Waals surface area contributed by atoms with Crippen molar-refractivity contribution in [2.75, 3.05) is 23.7 Å². The molecule has 35 heavy (non-hydrogen) atoms. The molecule has 0 aliphatic carbocycles. The Labute approximate surface area is 222 Å². The minimum absolute atomic E-state index is 0.0679. The summed E-state index contributed by atoms with van der Waals surface area (Å²) in [7, 11) is -3.87. The summed E-state index contributed by atoms with van der Waals surface area (Å²) in [6.45, 7) is 5.27. The lowest BCUT2D eigenvalue weighted by atomic mass is 10.1. The fourth-order valence-corrected chi connectivity index (χ4v) is 5.17. The Morgan fingerprint density at radius 3 is 2.23 bits per heavy atom. The predicted octanol–water partition coefficient (Wildman–Crippen LogP) is 5.05. The molecular weight excluding hydrogens is 533 g/mol. The van der Waals surface area contributed by atoms with E-state index in [0.717, 1.165) is 17.0 Å². The molecule has 7 nitrogen and oxygen atoms in total. The number of nitrogens with zero attached hydrogens (tertiary/aromatic N) is 2. The number of hydrogen-bond donors (Lipinski definition) is 1. The highest BCUT2D eigenvalue weighted by molar-refractivity contribution is 7.92. The second kappa shape index (κ2) is 12.8. The molecule has 0 spiro atoms.